The van der Waals surface area contributed by atoms with Crippen molar-refractivity contribution in [2.75, 3.05) is 40.8 Å². The van der Waals surface area contributed by atoms with Gasteiger partial charge in [-0.2, -0.15) is 0 Å². The summed E-state index contributed by atoms with van der Waals surface area (Å²) >= 11 is 0. The molecule has 1 fully saturated rings. The molecule has 1 aliphatic heterocycles. The second-order valence-corrected chi connectivity index (χ2v) is 7.36. The Morgan fingerprint density at radius 1 is 1.00 bits per heavy atom. The lowest BCUT2D eigenvalue weighted by molar-refractivity contribution is -0.0780. The summed E-state index contributed by atoms with van der Waals surface area (Å²) in [6.07, 6.45) is 1.19. The average Bonchev–Trinajstić information content (AvgIpc) is 2.36. The fraction of sp³-hybridized carbons (Fsp3) is 1.00. The van der Waals surface area contributed by atoms with Gasteiger partial charge in [-0.25, -0.2) is 0 Å². The van der Waals surface area contributed by atoms with Crippen LogP contribution in [0.1, 0.15) is 34.1 Å². The molecular formula is C15H33N3O. The molecule has 19 heavy (non-hydrogen) atoms. The molecule has 1 rings (SSSR count). The van der Waals surface area contributed by atoms with Crippen molar-refractivity contribution >= 4 is 0 Å². The quantitative estimate of drug-likeness (QED) is 0.793. The molecule has 0 spiro atoms. The molecule has 2 atom stereocenters. The van der Waals surface area contributed by atoms with E-state index in [0.29, 0.717) is 5.92 Å². The van der Waals surface area contributed by atoms with Crippen LogP contribution >= 0.6 is 0 Å². The Hall–Kier alpha value is -0.160. The van der Waals surface area contributed by atoms with E-state index < -0.39 is 0 Å². The molecule has 0 aromatic carbocycles. The van der Waals surface area contributed by atoms with Gasteiger partial charge in [-0.05, 0) is 68.3 Å². The highest BCUT2D eigenvalue weighted by atomic mass is 16.5. The number of hydrogen-bond donors (Lipinski definition) is 1. The molecule has 0 saturated carbocycles. The molecule has 0 bridgehead atoms. The summed E-state index contributed by atoms with van der Waals surface area (Å²) in [5.41, 5.74) is 6.03. The zero-order chi connectivity index (χ0) is 14.8. The van der Waals surface area contributed by atoms with E-state index in [-0.39, 0.29) is 17.2 Å². The Balaban J connectivity index is 2.51. The van der Waals surface area contributed by atoms with Crippen molar-refractivity contribution in [2.24, 2.45) is 11.7 Å². The van der Waals surface area contributed by atoms with E-state index in [4.69, 9.17) is 10.5 Å². The second-order valence-electron chi connectivity index (χ2n) is 7.36. The first-order valence-electron chi connectivity index (χ1n) is 7.35. The summed E-state index contributed by atoms with van der Waals surface area (Å²) in [5, 5.41) is 0. The monoisotopic (exact) mass is 271 g/mol. The van der Waals surface area contributed by atoms with Gasteiger partial charge in [0.15, 0.2) is 0 Å². The van der Waals surface area contributed by atoms with E-state index in [1.54, 1.807) is 0 Å². The lowest BCUT2D eigenvalue weighted by Gasteiger charge is -2.31. The Kier molecular flexibility index (Phi) is 5.41. The third kappa shape index (κ3) is 4.42. The largest absolute Gasteiger partial charge is 0.368 e. The van der Waals surface area contributed by atoms with Crippen molar-refractivity contribution in [1.82, 2.24) is 9.80 Å². The van der Waals surface area contributed by atoms with Crippen LogP contribution in [0, 0.1) is 5.92 Å². The van der Waals surface area contributed by atoms with Crippen molar-refractivity contribution in [2.45, 2.75) is 51.4 Å². The molecule has 0 aliphatic carbocycles. The van der Waals surface area contributed by atoms with E-state index in [2.05, 4.69) is 58.6 Å². The summed E-state index contributed by atoms with van der Waals surface area (Å²) in [6.45, 7) is 11.8. The third-order valence-electron chi connectivity index (χ3n) is 4.31. The van der Waals surface area contributed by atoms with Crippen LogP contribution in [0.2, 0.25) is 0 Å². The van der Waals surface area contributed by atoms with Crippen LogP contribution in [-0.2, 0) is 4.74 Å². The first kappa shape index (κ1) is 16.9. The summed E-state index contributed by atoms with van der Waals surface area (Å²) < 4.78 is 6.14. The van der Waals surface area contributed by atoms with Crippen molar-refractivity contribution in [3.63, 3.8) is 0 Å². The smallest absolute Gasteiger partial charge is 0.0788 e. The molecule has 4 nitrogen and oxygen atoms in total. The average molecular weight is 271 g/mol. The maximum Gasteiger partial charge on any atom is 0.0788 e. The first-order chi connectivity index (χ1) is 8.56. The van der Waals surface area contributed by atoms with Gasteiger partial charge in [0.05, 0.1) is 11.2 Å². The SMILES string of the molecule is CN(C)CCCN(C)CC1C(N)C(C)(C)OC1(C)C. The van der Waals surface area contributed by atoms with Crippen molar-refractivity contribution < 1.29 is 4.74 Å². The molecule has 0 radical (unpaired) electrons. The van der Waals surface area contributed by atoms with Gasteiger partial charge in [0, 0.05) is 18.5 Å². The Morgan fingerprint density at radius 2 is 1.58 bits per heavy atom. The summed E-state index contributed by atoms with van der Waals surface area (Å²) in [5.74, 6) is 0.381. The number of rotatable bonds is 6. The fourth-order valence-corrected chi connectivity index (χ4v) is 3.16. The van der Waals surface area contributed by atoms with Gasteiger partial charge in [0.2, 0.25) is 0 Å². The summed E-state index contributed by atoms with van der Waals surface area (Å²) in [6, 6.07) is 0.0961. The van der Waals surface area contributed by atoms with Crippen LogP contribution in [-0.4, -0.2) is 67.8 Å². The van der Waals surface area contributed by atoms with Gasteiger partial charge in [-0.1, -0.05) is 0 Å². The van der Waals surface area contributed by atoms with Gasteiger partial charge in [-0.3, -0.25) is 0 Å². The van der Waals surface area contributed by atoms with Gasteiger partial charge in [0.25, 0.3) is 0 Å². The van der Waals surface area contributed by atoms with Crippen LogP contribution in [0.5, 0.6) is 0 Å². The zero-order valence-corrected chi connectivity index (χ0v) is 13.9. The second kappa shape index (κ2) is 6.08. The van der Waals surface area contributed by atoms with Crippen LogP contribution in [0.15, 0.2) is 0 Å². The molecule has 1 heterocycles. The van der Waals surface area contributed by atoms with Crippen molar-refractivity contribution in [3.05, 3.63) is 0 Å². The zero-order valence-electron chi connectivity index (χ0n) is 13.9. The normalized spacial score (nSPS) is 29.4. The van der Waals surface area contributed by atoms with E-state index in [1.807, 2.05) is 0 Å². The lowest BCUT2D eigenvalue weighted by atomic mass is 9.83. The Bertz CT molecular complexity index is 289. The van der Waals surface area contributed by atoms with E-state index in [9.17, 15) is 0 Å². The summed E-state index contributed by atoms with van der Waals surface area (Å²) in [4.78, 5) is 4.62. The van der Waals surface area contributed by atoms with Crippen molar-refractivity contribution in [3.8, 4) is 0 Å². The van der Waals surface area contributed by atoms with E-state index in [1.165, 1.54) is 6.42 Å². The Morgan fingerprint density at radius 3 is 2.00 bits per heavy atom. The van der Waals surface area contributed by atoms with E-state index in [0.717, 1.165) is 19.6 Å². The minimum Gasteiger partial charge on any atom is -0.368 e. The molecule has 0 amide bonds. The standard InChI is InChI=1S/C15H33N3O/c1-14(2)12(13(16)15(3,4)19-14)11-18(7)10-8-9-17(5)6/h12-13H,8-11,16H2,1-7H3. The molecular weight excluding hydrogens is 238 g/mol. The van der Waals surface area contributed by atoms with Crippen LogP contribution in [0.4, 0.5) is 0 Å². The lowest BCUT2D eigenvalue weighted by Crippen LogP contribution is -2.47. The fourth-order valence-electron chi connectivity index (χ4n) is 3.16. The molecule has 1 saturated heterocycles. The maximum absolute atomic E-state index is 6.40. The number of nitrogens with zero attached hydrogens (tertiary/aromatic N) is 2. The van der Waals surface area contributed by atoms with Crippen LogP contribution < -0.4 is 5.73 Å². The molecule has 0 aromatic rings. The molecule has 2 N–H and O–H groups in total. The third-order valence-corrected chi connectivity index (χ3v) is 4.31. The van der Waals surface area contributed by atoms with Gasteiger partial charge in [0.1, 0.15) is 0 Å². The molecule has 4 heteroatoms. The molecule has 114 valence electrons. The highest BCUT2D eigenvalue weighted by molar-refractivity contribution is 5.04. The van der Waals surface area contributed by atoms with Gasteiger partial charge < -0.3 is 20.3 Å². The van der Waals surface area contributed by atoms with Crippen molar-refractivity contribution in [1.29, 1.82) is 0 Å². The highest BCUT2D eigenvalue weighted by Gasteiger charge is 2.52. The Labute approximate surface area is 119 Å². The van der Waals surface area contributed by atoms with Crippen LogP contribution in [0.25, 0.3) is 0 Å². The van der Waals surface area contributed by atoms with Crippen LogP contribution in [0.3, 0.4) is 0 Å². The van der Waals surface area contributed by atoms with Gasteiger partial charge >= 0.3 is 0 Å². The predicted octanol–water partition coefficient (Wildman–Crippen LogP) is 1.40. The maximum atomic E-state index is 6.40. The number of hydrogen-bond acceptors (Lipinski definition) is 4. The topological polar surface area (TPSA) is 41.7 Å². The minimum atomic E-state index is -0.224. The highest BCUT2D eigenvalue weighted by Crippen LogP contribution is 2.41. The molecule has 2 unspecified atom stereocenters. The number of nitrogens with two attached hydrogens (primary N) is 1. The van der Waals surface area contributed by atoms with Gasteiger partial charge in [-0.15, -0.1) is 0 Å². The molecule has 0 aromatic heterocycles. The summed E-state index contributed by atoms with van der Waals surface area (Å²) in [7, 11) is 6.42. The minimum absolute atomic E-state index is 0.0961. The first-order valence-corrected chi connectivity index (χ1v) is 7.35. The molecule has 1 aliphatic rings. The van der Waals surface area contributed by atoms with E-state index >= 15 is 0 Å². The predicted molar refractivity (Wildman–Crippen MR) is 81.4 cm³/mol. The number of ether oxygens (including phenoxy) is 1.